The number of hydrogen-bond donors (Lipinski definition) is 2. The third-order valence-electron chi connectivity index (χ3n) is 4.16. The first kappa shape index (κ1) is 21.8. The van der Waals surface area contributed by atoms with Gasteiger partial charge in [0, 0.05) is 17.8 Å². The van der Waals surface area contributed by atoms with E-state index in [1.54, 1.807) is 48.9 Å². The lowest BCUT2D eigenvalue weighted by molar-refractivity contribution is -0.113. The molecule has 0 aliphatic carbocycles. The molecule has 156 valence electrons. The molecular weight excluding hydrogens is 429 g/mol. The first-order valence-corrected chi connectivity index (χ1v) is 10.3. The highest BCUT2D eigenvalue weighted by molar-refractivity contribution is 7.99. The van der Waals surface area contributed by atoms with Crippen molar-refractivity contribution in [3.63, 3.8) is 0 Å². The van der Waals surface area contributed by atoms with Gasteiger partial charge in [-0.3, -0.25) is 9.59 Å². The van der Waals surface area contributed by atoms with Crippen molar-refractivity contribution < 1.29 is 14.0 Å². The van der Waals surface area contributed by atoms with Gasteiger partial charge < -0.3 is 15.2 Å². The lowest BCUT2D eigenvalue weighted by Gasteiger charge is -2.14. The second kappa shape index (κ2) is 9.73. The number of benzene rings is 2. The van der Waals surface area contributed by atoms with Crippen LogP contribution in [0.2, 0.25) is 5.02 Å². The van der Waals surface area contributed by atoms with Crippen LogP contribution in [0, 0.1) is 5.82 Å². The Hall–Kier alpha value is -2.91. The Labute approximate surface area is 182 Å². The molecule has 30 heavy (non-hydrogen) atoms. The number of halogens is 2. The van der Waals surface area contributed by atoms with Crippen LogP contribution in [0.15, 0.2) is 53.7 Å². The van der Waals surface area contributed by atoms with Gasteiger partial charge in [-0.25, -0.2) is 4.39 Å². The summed E-state index contributed by atoms with van der Waals surface area (Å²) in [5, 5.41) is 14.7. The molecule has 7 nitrogen and oxygen atoms in total. The molecule has 1 aromatic heterocycles. The summed E-state index contributed by atoms with van der Waals surface area (Å²) in [5.74, 6) is -0.750. The first-order valence-electron chi connectivity index (χ1n) is 8.98. The molecule has 0 fully saturated rings. The fraction of sp³-hybridized carbons (Fsp3) is 0.200. The summed E-state index contributed by atoms with van der Waals surface area (Å²) in [5.41, 5.74) is 0.565. The molecule has 0 saturated carbocycles. The second-order valence-corrected chi connectivity index (χ2v) is 7.80. The fourth-order valence-corrected chi connectivity index (χ4v) is 3.62. The van der Waals surface area contributed by atoms with Gasteiger partial charge in [-0.05, 0) is 37.3 Å². The first-order chi connectivity index (χ1) is 14.3. The highest BCUT2D eigenvalue weighted by atomic mass is 35.5. The Morgan fingerprint density at radius 1 is 1.20 bits per heavy atom. The molecular formula is C20H19ClFN5O2S. The van der Waals surface area contributed by atoms with Crippen molar-refractivity contribution >= 4 is 40.9 Å². The van der Waals surface area contributed by atoms with E-state index in [0.29, 0.717) is 21.7 Å². The number of amides is 2. The highest BCUT2D eigenvalue weighted by Crippen LogP contribution is 2.21. The van der Waals surface area contributed by atoms with Crippen molar-refractivity contribution in [3.8, 4) is 0 Å². The third kappa shape index (κ3) is 5.37. The molecule has 0 saturated heterocycles. The Morgan fingerprint density at radius 2 is 1.97 bits per heavy atom. The van der Waals surface area contributed by atoms with Gasteiger partial charge >= 0.3 is 0 Å². The Kier molecular flexibility index (Phi) is 7.07. The molecule has 1 heterocycles. The zero-order chi connectivity index (χ0) is 21.7. The molecule has 0 aliphatic rings. The predicted octanol–water partition coefficient (Wildman–Crippen LogP) is 3.83. The molecule has 10 heteroatoms. The maximum Gasteiger partial charge on any atom is 0.254 e. The van der Waals surface area contributed by atoms with Crippen LogP contribution >= 0.6 is 23.4 Å². The van der Waals surface area contributed by atoms with Crippen LogP contribution in [-0.4, -0.2) is 32.3 Å². The summed E-state index contributed by atoms with van der Waals surface area (Å²) in [4.78, 5) is 24.5. The molecule has 1 unspecified atom stereocenters. The number of aromatic nitrogens is 3. The summed E-state index contributed by atoms with van der Waals surface area (Å²) in [7, 11) is 1.73. The van der Waals surface area contributed by atoms with E-state index >= 15 is 0 Å². The van der Waals surface area contributed by atoms with E-state index in [0.717, 1.165) is 0 Å². The van der Waals surface area contributed by atoms with Gasteiger partial charge in [0.15, 0.2) is 11.0 Å². The highest BCUT2D eigenvalue weighted by Gasteiger charge is 2.20. The van der Waals surface area contributed by atoms with Crippen molar-refractivity contribution in [3.05, 3.63) is 70.8 Å². The number of nitrogens with zero attached hydrogens (tertiary/aromatic N) is 3. The quantitative estimate of drug-likeness (QED) is 0.537. The van der Waals surface area contributed by atoms with Gasteiger partial charge in [-0.1, -0.05) is 41.6 Å². The molecule has 2 amide bonds. The van der Waals surface area contributed by atoms with Gasteiger partial charge in [0.2, 0.25) is 5.91 Å². The number of nitrogens with one attached hydrogen (secondary N) is 2. The van der Waals surface area contributed by atoms with Gasteiger partial charge in [0.05, 0.1) is 17.4 Å². The monoisotopic (exact) mass is 447 g/mol. The summed E-state index contributed by atoms with van der Waals surface area (Å²) in [6.07, 6.45) is 0. The van der Waals surface area contributed by atoms with Crippen molar-refractivity contribution in [1.82, 2.24) is 20.1 Å². The zero-order valence-electron chi connectivity index (χ0n) is 16.2. The largest absolute Gasteiger partial charge is 0.342 e. The van der Waals surface area contributed by atoms with Crippen molar-refractivity contribution in [2.45, 2.75) is 18.1 Å². The molecule has 0 aliphatic heterocycles. The number of carbonyl (C=O) groups is 2. The third-order valence-corrected chi connectivity index (χ3v) is 5.42. The van der Waals surface area contributed by atoms with E-state index in [1.165, 1.54) is 30.0 Å². The topological polar surface area (TPSA) is 88.9 Å². The van der Waals surface area contributed by atoms with E-state index in [-0.39, 0.29) is 17.2 Å². The van der Waals surface area contributed by atoms with Crippen LogP contribution in [0.4, 0.5) is 10.1 Å². The predicted molar refractivity (Wildman–Crippen MR) is 114 cm³/mol. The normalized spacial score (nSPS) is 11.7. The van der Waals surface area contributed by atoms with Crippen LogP contribution in [0.25, 0.3) is 0 Å². The van der Waals surface area contributed by atoms with Crippen molar-refractivity contribution in [2.75, 3.05) is 11.1 Å². The average Bonchev–Trinajstić information content (AvgIpc) is 3.07. The van der Waals surface area contributed by atoms with Crippen molar-refractivity contribution in [1.29, 1.82) is 0 Å². The maximum absolute atomic E-state index is 13.8. The molecule has 2 N–H and O–H groups in total. The lowest BCUT2D eigenvalue weighted by Crippen LogP contribution is -2.29. The van der Waals surface area contributed by atoms with Gasteiger partial charge in [-0.15, -0.1) is 10.2 Å². The second-order valence-electron chi connectivity index (χ2n) is 6.42. The minimum absolute atomic E-state index is 0.0428. The lowest BCUT2D eigenvalue weighted by atomic mass is 10.2. The molecule has 2 aromatic carbocycles. The Balaban J connectivity index is 1.59. The van der Waals surface area contributed by atoms with E-state index in [4.69, 9.17) is 11.6 Å². The number of hydrogen-bond acceptors (Lipinski definition) is 5. The van der Waals surface area contributed by atoms with Crippen LogP contribution in [0.3, 0.4) is 0 Å². The maximum atomic E-state index is 13.8. The minimum atomic E-state index is -0.595. The minimum Gasteiger partial charge on any atom is -0.342 e. The summed E-state index contributed by atoms with van der Waals surface area (Å²) in [6, 6.07) is 12.1. The number of thioether (sulfide) groups is 1. The van der Waals surface area contributed by atoms with Crippen molar-refractivity contribution in [2.24, 2.45) is 7.05 Å². The Morgan fingerprint density at radius 3 is 2.70 bits per heavy atom. The zero-order valence-corrected chi connectivity index (χ0v) is 17.8. The van der Waals surface area contributed by atoms with Crippen LogP contribution in [-0.2, 0) is 11.8 Å². The molecule has 0 bridgehead atoms. The summed E-state index contributed by atoms with van der Waals surface area (Å²) < 4.78 is 15.5. The van der Waals surface area contributed by atoms with Crippen LogP contribution in [0.1, 0.15) is 29.1 Å². The summed E-state index contributed by atoms with van der Waals surface area (Å²) >= 11 is 7.12. The van der Waals surface area contributed by atoms with Crippen LogP contribution < -0.4 is 10.6 Å². The van der Waals surface area contributed by atoms with Gasteiger partial charge in [0.25, 0.3) is 5.91 Å². The number of carbonyl (C=O) groups excluding carboxylic acids is 2. The fourth-order valence-electron chi connectivity index (χ4n) is 2.71. The SMILES string of the molecule is CC(NC(=O)c1ccccc1F)c1nnc(SCC(=O)Nc2cccc(Cl)c2)n1C. The number of rotatable bonds is 7. The molecule has 0 radical (unpaired) electrons. The van der Waals surface area contributed by atoms with Gasteiger partial charge in [0.1, 0.15) is 5.82 Å². The van der Waals surface area contributed by atoms with E-state index in [1.807, 2.05) is 0 Å². The smallest absolute Gasteiger partial charge is 0.254 e. The molecule has 3 aromatic rings. The molecule has 3 rings (SSSR count). The van der Waals surface area contributed by atoms with E-state index in [9.17, 15) is 14.0 Å². The van der Waals surface area contributed by atoms with Gasteiger partial charge in [-0.2, -0.15) is 0 Å². The average molecular weight is 448 g/mol. The van der Waals surface area contributed by atoms with E-state index < -0.39 is 17.8 Å². The standard InChI is InChI=1S/C20H19ClFN5O2S/c1-12(23-19(29)15-8-3-4-9-16(15)22)18-25-26-20(27(18)2)30-11-17(28)24-14-7-5-6-13(21)10-14/h3-10,12H,11H2,1-2H3,(H,23,29)(H,24,28). The molecule has 0 spiro atoms. The molecule has 1 atom stereocenters. The summed E-state index contributed by atoms with van der Waals surface area (Å²) in [6.45, 7) is 1.73. The number of anilines is 1. The Bertz CT molecular complexity index is 1070. The van der Waals surface area contributed by atoms with E-state index in [2.05, 4.69) is 20.8 Å². The van der Waals surface area contributed by atoms with Crippen LogP contribution in [0.5, 0.6) is 0 Å².